The molecule has 0 aliphatic carbocycles. The van der Waals surface area contributed by atoms with E-state index < -0.39 is 6.04 Å². The molecule has 7 heteroatoms. The summed E-state index contributed by atoms with van der Waals surface area (Å²) >= 11 is 3.39. The second-order valence-corrected chi connectivity index (χ2v) is 6.06. The number of carbonyl (C=O) groups is 1. The molecule has 1 atom stereocenters. The summed E-state index contributed by atoms with van der Waals surface area (Å²) < 4.78 is 0.997. The van der Waals surface area contributed by atoms with Crippen LogP contribution in [-0.2, 0) is 4.79 Å². The number of likely N-dealkylation sites (tertiary alicyclic amines) is 1. The molecule has 1 amide bonds. The third-order valence-electron chi connectivity index (χ3n) is 3.65. The number of amides is 1. The lowest BCUT2D eigenvalue weighted by Gasteiger charge is -2.18. The van der Waals surface area contributed by atoms with Gasteiger partial charge >= 0.3 is 0 Å². The van der Waals surface area contributed by atoms with E-state index >= 15 is 0 Å². The van der Waals surface area contributed by atoms with Crippen molar-refractivity contribution in [2.75, 3.05) is 13.1 Å². The van der Waals surface area contributed by atoms with Crippen LogP contribution in [0, 0.1) is 0 Å². The SMILES string of the molecule is CC(C(=O)N1CCCC1)n1nnc(-c2ccc(Br)cc2)n1. The zero-order valence-corrected chi connectivity index (χ0v) is 13.3. The summed E-state index contributed by atoms with van der Waals surface area (Å²) in [4.78, 5) is 15.6. The number of carbonyl (C=O) groups excluding carboxylic acids is 1. The highest BCUT2D eigenvalue weighted by Crippen LogP contribution is 2.19. The molecule has 110 valence electrons. The highest BCUT2D eigenvalue weighted by atomic mass is 79.9. The van der Waals surface area contributed by atoms with Crippen LogP contribution in [-0.4, -0.2) is 44.1 Å². The second kappa shape index (κ2) is 5.93. The number of tetrazole rings is 1. The molecule has 2 heterocycles. The molecule has 1 aliphatic heterocycles. The zero-order chi connectivity index (χ0) is 14.8. The highest BCUT2D eigenvalue weighted by Gasteiger charge is 2.26. The Morgan fingerprint density at radius 2 is 1.90 bits per heavy atom. The van der Waals surface area contributed by atoms with Gasteiger partial charge in [0.25, 0.3) is 0 Å². The van der Waals surface area contributed by atoms with Gasteiger partial charge in [-0.25, -0.2) is 0 Å². The second-order valence-electron chi connectivity index (χ2n) is 5.15. The van der Waals surface area contributed by atoms with Crippen molar-refractivity contribution in [2.24, 2.45) is 0 Å². The lowest BCUT2D eigenvalue weighted by molar-refractivity contribution is -0.133. The molecule has 1 aromatic heterocycles. The first-order chi connectivity index (χ1) is 10.1. The number of halogens is 1. The maximum atomic E-state index is 12.3. The van der Waals surface area contributed by atoms with Gasteiger partial charge in [0.2, 0.25) is 11.7 Å². The van der Waals surface area contributed by atoms with Crippen molar-refractivity contribution < 1.29 is 4.79 Å². The largest absolute Gasteiger partial charge is 0.341 e. The zero-order valence-electron chi connectivity index (χ0n) is 11.7. The van der Waals surface area contributed by atoms with Crippen LogP contribution in [0.15, 0.2) is 28.7 Å². The predicted molar refractivity (Wildman–Crippen MR) is 81.5 cm³/mol. The maximum absolute atomic E-state index is 12.3. The van der Waals surface area contributed by atoms with Crippen LogP contribution in [0.5, 0.6) is 0 Å². The minimum Gasteiger partial charge on any atom is -0.341 e. The third kappa shape index (κ3) is 2.97. The van der Waals surface area contributed by atoms with Gasteiger partial charge in [-0.15, -0.1) is 10.2 Å². The third-order valence-corrected chi connectivity index (χ3v) is 4.18. The van der Waals surface area contributed by atoms with Crippen molar-refractivity contribution in [3.63, 3.8) is 0 Å². The van der Waals surface area contributed by atoms with Gasteiger partial charge in [0, 0.05) is 23.1 Å². The Hall–Kier alpha value is -1.76. The Labute approximate surface area is 131 Å². The van der Waals surface area contributed by atoms with Crippen molar-refractivity contribution in [2.45, 2.75) is 25.8 Å². The monoisotopic (exact) mass is 349 g/mol. The molecule has 3 rings (SSSR count). The van der Waals surface area contributed by atoms with E-state index in [2.05, 4.69) is 31.3 Å². The van der Waals surface area contributed by atoms with E-state index in [4.69, 9.17) is 0 Å². The van der Waals surface area contributed by atoms with E-state index in [-0.39, 0.29) is 5.91 Å². The van der Waals surface area contributed by atoms with E-state index in [9.17, 15) is 4.79 Å². The fourth-order valence-corrected chi connectivity index (χ4v) is 2.67. The standard InChI is InChI=1S/C14H16BrN5O/c1-10(14(21)19-8-2-3-9-19)20-17-13(16-18-20)11-4-6-12(15)7-5-11/h4-7,10H,2-3,8-9H2,1H3. The van der Waals surface area contributed by atoms with E-state index in [1.165, 1.54) is 4.80 Å². The summed E-state index contributed by atoms with van der Waals surface area (Å²) in [5.74, 6) is 0.593. The molecule has 0 spiro atoms. The van der Waals surface area contributed by atoms with Crippen LogP contribution in [0.1, 0.15) is 25.8 Å². The lowest BCUT2D eigenvalue weighted by Crippen LogP contribution is -2.34. The predicted octanol–water partition coefficient (Wildman–Crippen LogP) is 2.29. The summed E-state index contributed by atoms with van der Waals surface area (Å²) in [6.07, 6.45) is 2.15. The number of hydrogen-bond donors (Lipinski definition) is 0. The Bertz CT molecular complexity index is 633. The summed E-state index contributed by atoms with van der Waals surface area (Å²) in [6.45, 7) is 3.47. The molecule has 6 nitrogen and oxygen atoms in total. The van der Waals surface area contributed by atoms with Crippen molar-refractivity contribution >= 4 is 21.8 Å². The molecule has 0 radical (unpaired) electrons. The average Bonchev–Trinajstić information content (AvgIpc) is 3.18. The number of hydrogen-bond acceptors (Lipinski definition) is 4. The maximum Gasteiger partial charge on any atom is 0.249 e. The molecule has 21 heavy (non-hydrogen) atoms. The number of aromatic nitrogens is 4. The van der Waals surface area contributed by atoms with E-state index in [0.717, 1.165) is 36.0 Å². The fraction of sp³-hybridized carbons (Fsp3) is 0.429. The van der Waals surface area contributed by atoms with Crippen LogP contribution >= 0.6 is 15.9 Å². The topological polar surface area (TPSA) is 63.9 Å². The lowest BCUT2D eigenvalue weighted by atomic mass is 10.2. The van der Waals surface area contributed by atoms with Crippen LogP contribution < -0.4 is 0 Å². The molecule has 2 aromatic rings. The smallest absolute Gasteiger partial charge is 0.249 e. The Morgan fingerprint density at radius 1 is 1.24 bits per heavy atom. The van der Waals surface area contributed by atoms with E-state index in [0.29, 0.717) is 5.82 Å². The minimum atomic E-state index is -0.417. The molecule has 0 N–H and O–H groups in total. The minimum absolute atomic E-state index is 0.0623. The van der Waals surface area contributed by atoms with Crippen molar-refractivity contribution in [1.82, 2.24) is 25.1 Å². The average molecular weight is 350 g/mol. The molecule has 1 aromatic carbocycles. The summed E-state index contributed by atoms with van der Waals surface area (Å²) in [5, 5.41) is 12.4. The first-order valence-corrected chi connectivity index (χ1v) is 7.78. The van der Waals surface area contributed by atoms with Crippen LogP contribution in [0.2, 0.25) is 0 Å². The van der Waals surface area contributed by atoms with Gasteiger partial charge < -0.3 is 4.90 Å². The van der Waals surface area contributed by atoms with Gasteiger partial charge in [-0.2, -0.15) is 4.80 Å². The van der Waals surface area contributed by atoms with E-state index in [1.807, 2.05) is 36.1 Å². The highest BCUT2D eigenvalue weighted by molar-refractivity contribution is 9.10. The number of nitrogens with zero attached hydrogens (tertiary/aromatic N) is 5. The normalized spacial score (nSPS) is 16.2. The molecule has 1 saturated heterocycles. The van der Waals surface area contributed by atoms with Crippen LogP contribution in [0.4, 0.5) is 0 Å². The van der Waals surface area contributed by atoms with Gasteiger partial charge in [0.15, 0.2) is 0 Å². The summed E-state index contributed by atoms with van der Waals surface area (Å²) in [7, 11) is 0. The number of rotatable bonds is 3. The Balaban J connectivity index is 1.77. The molecular formula is C14H16BrN5O. The van der Waals surface area contributed by atoms with Crippen molar-refractivity contribution in [1.29, 1.82) is 0 Å². The first kappa shape index (κ1) is 14.2. The van der Waals surface area contributed by atoms with Gasteiger partial charge in [-0.3, -0.25) is 4.79 Å². The van der Waals surface area contributed by atoms with Gasteiger partial charge in [-0.05, 0) is 49.2 Å². The molecule has 1 aliphatic rings. The summed E-state index contributed by atoms with van der Waals surface area (Å²) in [6, 6.07) is 7.26. The molecule has 0 bridgehead atoms. The first-order valence-electron chi connectivity index (χ1n) is 6.99. The van der Waals surface area contributed by atoms with Crippen LogP contribution in [0.3, 0.4) is 0 Å². The van der Waals surface area contributed by atoms with Crippen molar-refractivity contribution in [3.8, 4) is 11.4 Å². The van der Waals surface area contributed by atoms with Crippen LogP contribution in [0.25, 0.3) is 11.4 Å². The Morgan fingerprint density at radius 3 is 2.57 bits per heavy atom. The van der Waals surface area contributed by atoms with E-state index in [1.54, 1.807) is 0 Å². The Kier molecular flexibility index (Phi) is 4.01. The molecule has 0 saturated carbocycles. The molecule has 1 unspecified atom stereocenters. The quantitative estimate of drug-likeness (QED) is 0.852. The molecule has 1 fully saturated rings. The fourth-order valence-electron chi connectivity index (χ4n) is 2.40. The van der Waals surface area contributed by atoms with Crippen molar-refractivity contribution in [3.05, 3.63) is 28.7 Å². The molecular weight excluding hydrogens is 334 g/mol. The summed E-state index contributed by atoms with van der Waals surface area (Å²) in [5.41, 5.74) is 0.880. The van der Waals surface area contributed by atoms with Gasteiger partial charge in [0.1, 0.15) is 6.04 Å². The van der Waals surface area contributed by atoms with Gasteiger partial charge in [0.05, 0.1) is 0 Å². The number of benzene rings is 1. The van der Waals surface area contributed by atoms with Gasteiger partial charge in [-0.1, -0.05) is 15.9 Å².